The van der Waals surface area contributed by atoms with Crippen LogP contribution in [-0.2, 0) is 26.1 Å². The largest absolute Gasteiger partial charge is 0.469 e. The molecule has 0 amide bonds. The Morgan fingerprint density at radius 3 is 2.17 bits per heavy atom. The summed E-state index contributed by atoms with van der Waals surface area (Å²) in [5.41, 5.74) is 0.649. The fourth-order valence-corrected chi connectivity index (χ4v) is 5.20. The van der Waals surface area contributed by atoms with E-state index in [4.69, 9.17) is 4.18 Å². The van der Waals surface area contributed by atoms with Crippen LogP contribution < -0.4 is 4.18 Å². The molecule has 0 aliphatic rings. The van der Waals surface area contributed by atoms with Crippen molar-refractivity contribution in [1.82, 2.24) is 0 Å². The maximum absolute atomic E-state index is 13.3. The van der Waals surface area contributed by atoms with Crippen LogP contribution in [0.4, 0.5) is 4.39 Å². The van der Waals surface area contributed by atoms with Gasteiger partial charge in [-0.2, -0.15) is 8.42 Å². The van der Waals surface area contributed by atoms with Crippen LogP contribution >= 0.6 is 31.9 Å². The standard InChI is InChI=1S/C15H11Br2FO5S/c1-22-14(19)6-9-2-4-11(5-3-9)23-24(20,21)15-12(16)7-10(18)8-13(15)17/h2-5,7-8H,6H2,1H3. The van der Waals surface area contributed by atoms with Gasteiger partial charge < -0.3 is 8.92 Å². The Labute approximate surface area is 155 Å². The number of ether oxygens (including phenoxy) is 1. The summed E-state index contributed by atoms with van der Waals surface area (Å²) in [4.78, 5) is 11.0. The van der Waals surface area contributed by atoms with Gasteiger partial charge in [0.25, 0.3) is 0 Å². The number of hydrogen-bond acceptors (Lipinski definition) is 5. The predicted octanol–water partition coefficient (Wildman–Crippen LogP) is 3.83. The Kier molecular flexibility index (Phi) is 6.00. The van der Waals surface area contributed by atoms with Crippen LogP contribution in [0.15, 0.2) is 50.2 Å². The van der Waals surface area contributed by atoms with Crippen molar-refractivity contribution in [1.29, 1.82) is 0 Å². The summed E-state index contributed by atoms with van der Waals surface area (Å²) >= 11 is 6.03. The molecule has 0 radical (unpaired) electrons. The molecule has 0 N–H and O–H groups in total. The Morgan fingerprint density at radius 1 is 1.12 bits per heavy atom. The third kappa shape index (κ3) is 4.55. The molecule has 2 aromatic rings. The number of esters is 1. The lowest BCUT2D eigenvalue weighted by Gasteiger charge is -2.11. The monoisotopic (exact) mass is 480 g/mol. The highest BCUT2D eigenvalue weighted by molar-refractivity contribution is 9.11. The quantitative estimate of drug-likeness (QED) is 0.479. The molecule has 0 atom stereocenters. The third-order valence-corrected chi connectivity index (χ3v) is 6.05. The molecule has 0 saturated carbocycles. The lowest BCUT2D eigenvalue weighted by Crippen LogP contribution is -2.12. The van der Waals surface area contributed by atoms with Crippen LogP contribution in [0.1, 0.15) is 5.56 Å². The molecule has 2 rings (SSSR count). The van der Waals surface area contributed by atoms with E-state index in [9.17, 15) is 17.6 Å². The SMILES string of the molecule is COC(=O)Cc1ccc(OS(=O)(=O)c2c(Br)cc(F)cc2Br)cc1. The molecule has 0 heterocycles. The maximum Gasteiger partial charge on any atom is 0.341 e. The van der Waals surface area contributed by atoms with Crippen molar-refractivity contribution in [3.05, 3.63) is 56.7 Å². The van der Waals surface area contributed by atoms with Gasteiger partial charge in [0.05, 0.1) is 13.5 Å². The summed E-state index contributed by atoms with van der Waals surface area (Å²) in [5.74, 6) is -0.943. The molecule has 0 aromatic heterocycles. The minimum absolute atomic E-state index is 0.0386. The minimum atomic E-state index is -4.18. The topological polar surface area (TPSA) is 69.7 Å². The molecule has 24 heavy (non-hydrogen) atoms. The van der Waals surface area contributed by atoms with Crippen molar-refractivity contribution < 1.29 is 26.5 Å². The van der Waals surface area contributed by atoms with E-state index in [1.54, 1.807) is 12.1 Å². The van der Waals surface area contributed by atoms with E-state index in [0.29, 0.717) is 5.56 Å². The number of halogens is 3. The Hall–Kier alpha value is -1.45. The average Bonchev–Trinajstić information content (AvgIpc) is 2.47. The molecule has 128 valence electrons. The summed E-state index contributed by atoms with van der Waals surface area (Å²) in [5, 5.41) is 0. The zero-order valence-corrected chi connectivity index (χ0v) is 16.2. The van der Waals surface area contributed by atoms with E-state index in [1.165, 1.54) is 19.2 Å². The van der Waals surface area contributed by atoms with Gasteiger partial charge in [-0.3, -0.25) is 4.79 Å². The van der Waals surface area contributed by atoms with E-state index < -0.39 is 21.9 Å². The van der Waals surface area contributed by atoms with Crippen molar-refractivity contribution >= 4 is 47.9 Å². The van der Waals surface area contributed by atoms with Crippen LogP contribution in [-0.4, -0.2) is 21.5 Å². The Bertz CT molecular complexity index is 843. The number of carbonyl (C=O) groups is 1. The summed E-state index contributed by atoms with van der Waals surface area (Å²) in [6, 6.07) is 8.00. The molecular formula is C15H11Br2FO5S. The van der Waals surface area contributed by atoms with Crippen molar-refractivity contribution in [3.8, 4) is 5.75 Å². The molecule has 0 unspecified atom stereocenters. The van der Waals surface area contributed by atoms with Crippen LogP contribution in [0.3, 0.4) is 0 Å². The van der Waals surface area contributed by atoms with Gasteiger partial charge >= 0.3 is 16.1 Å². The maximum atomic E-state index is 13.3. The second-order valence-corrected chi connectivity index (χ2v) is 7.82. The first-order chi connectivity index (χ1) is 11.2. The summed E-state index contributed by atoms with van der Waals surface area (Å²) < 4.78 is 47.7. The van der Waals surface area contributed by atoms with Gasteiger partial charge in [0, 0.05) is 8.95 Å². The highest BCUT2D eigenvalue weighted by atomic mass is 79.9. The zero-order chi connectivity index (χ0) is 17.9. The molecule has 0 saturated heterocycles. The van der Waals surface area contributed by atoms with E-state index >= 15 is 0 Å². The smallest absolute Gasteiger partial charge is 0.341 e. The van der Waals surface area contributed by atoms with Gasteiger partial charge in [0.1, 0.15) is 16.5 Å². The van der Waals surface area contributed by atoms with E-state index in [2.05, 4.69) is 36.6 Å². The molecule has 0 bridgehead atoms. The minimum Gasteiger partial charge on any atom is -0.469 e. The molecule has 2 aromatic carbocycles. The molecule has 5 nitrogen and oxygen atoms in total. The van der Waals surface area contributed by atoms with Crippen LogP contribution in [0.5, 0.6) is 5.75 Å². The first-order valence-electron chi connectivity index (χ1n) is 6.47. The number of benzene rings is 2. The van der Waals surface area contributed by atoms with Gasteiger partial charge in [-0.25, -0.2) is 4.39 Å². The van der Waals surface area contributed by atoms with Crippen LogP contribution in [0, 0.1) is 5.82 Å². The number of carbonyl (C=O) groups excluding carboxylic acids is 1. The first-order valence-corrected chi connectivity index (χ1v) is 9.47. The molecule has 0 aliphatic carbocycles. The summed E-state index contributed by atoms with van der Waals surface area (Å²) in [6.45, 7) is 0. The summed E-state index contributed by atoms with van der Waals surface area (Å²) in [6.07, 6.45) is 0.0680. The molecule has 9 heteroatoms. The van der Waals surface area contributed by atoms with Gasteiger partial charge in [0.2, 0.25) is 0 Å². The lowest BCUT2D eigenvalue weighted by molar-refractivity contribution is -0.139. The average molecular weight is 482 g/mol. The fourth-order valence-electron chi connectivity index (χ4n) is 1.84. The molecular weight excluding hydrogens is 471 g/mol. The van der Waals surface area contributed by atoms with Crippen molar-refractivity contribution in [2.75, 3.05) is 7.11 Å². The Morgan fingerprint density at radius 2 is 1.67 bits per heavy atom. The second kappa shape index (κ2) is 7.62. The van der Waals surface area contributed by atoms with E-state index in [-0.39, 0.29) is 26.0 Å². The summed E-state index contributed by atoms with van der Waals surface area (Å²) in [7, 11) is -2.90. The predicted molar refractivity (Wildman–Crippen MR) is 91.8 cm³/mol. The first kappa shape index (κ1) is 18.9. The van der Waals surface area contributed by atoms with Crippen LogP contribution in [0.25, 0.3) is 0 Å². The normalized spacial score (nSPS) is 11.2. The van der Waals surface area contributed by atoms with Crippen molar-refractivity contribution in [2.45, 2.75) is 11.3 Å². The van der Waals surface area contributed by atoms with Gasteiger partial charge in [-0.15, -0.1) is 0 Å². The number of methoxy groups -OCH3 is 1. The van der Waals surface area contributed by atoms with Gasteiger partial charge in [0.15, 0.2) is 0 Å². The molecule has 0 aliphatic heterocycles. The Balaban J connectivity index is 2.25. The van der Waals surface area contributed by atoms with Crippen molar-refractivity contribution in [2.24, 2.45) is 0 Å². The lowest BCUT2D eigenvalue weighted by atomic mass is 10.1. The molecule has 0 fully saturated rings. The number of rotatable bonds is 5. The highest BCUT2D eigenvalue weighted by Gasteiger charge is 2.24. The second-order valence-electron chi connectivity index (χ2n) is 4.63. The van der Waals surface area contributed by atoms with Crippen LogP contribution in [0.2, 0.25) is 0 Å². The molecule has 0 spiro atoms. The fraction of sp³-hybridized carbons (Fsp3) is 0.133. The highest BCUT2D eigenvalue weighted by Crippen LogP contribution is 2.33. The van der Waals surface area contributed by atoms with Gasteiger partial charge in [-0.1, -0.05) is 12.1 Å². The van der Waals surface area contributed by atoms with Crippen molar-refractivity contribution in [3.63, 3.8) is 0 Å². The third-order valence-electron chi connectivity index (χ3n) is 2.92. The van der Waals surface area contributed by atoms with E-state index in [0.717, 1.165) is 12.1 Å². The van der Waals surface area contributed by atoms with E-state index in [1.807, 2.05) is 0 Å². The van der Waals surface area contributed by atoms with Gasteiger partial charge in [-0.05, 0) is 61.7 Å². The number of hydrogen-bond donors (Lipinski definition) is 0. The zero-order valence-electron chi connectivity index (χ0n) is 12.3.